The van der Waals surface area contributed by atoms with E-state index in [-0.39, 0.29) is 5.91 Å². The Morgan fingerprint density at radius 3 is 2.81 bits per heavy atom. The van der Waals surface area contributed by atoms with Crippen molar-refractivity contribution in [3.63, 3.8) is 0 Å². The summed E-state index contributed by atoms with van der Waals surface area (Å²) in [7, 11) is 0. The molecular weight excluding hydrogens is 220 g/mol. The summed E-state index contributed by atoms with van der Waals surface area (Å²) in [5.74, 6) is 0.0922. The van der Waals surface area contributed by atoms with E-state index in [0.717, 1.165) is 11.4 Å². The molecule has 0 aromatic carbocycles. The summed E-state index contributed by atoms with van der Waals surface area (Å²) in [6.07, 6.45) is 4.47. The topological polar surface area (TPSA) is 34.0 Å². The lowest BCUT2D eigenvalue weighted by molar-refractivity contribution is -0.120. The quantitative estimate of drug-likeness (QED) is 0.842. The highest BCUT2D eigenvalue weighted by Crippen LogP contribution is 2.08. The van der Waals surface area contributed by atoms with Gasteiger partial charge in [-0.1, -0.05) is 6.07 Å². The Morgan fingerprint density at radius 1 is 1.31 bits per heavy atom. The van der Waals surface area contributed by atoms with Gasteiger partial charge >= 0.3 is 0 Å². The molecule has 0 spiro atoms. The number of hydrogen-bond acceptors (Lipinski definition) is 2. The molecule has 0 saturated carbocycles. The molecule has 0 bridgehead atoms. The van der Waals surface area contributed by atoms with Crippen LogP contribution in [0.5, 0.6) is 0 Å². The SMILES string of the molecule is O=C(Cc1cccs1)NCCn1cccc1. The zero-order valence-corrected chi connectivity index (χ0v) is 9.74. The van der Waals surface area contributed by atoms with E-state index in [1.807, 2.05) is 46.6 Å². The minimum Gasteiger partial charge on any atom is -0.354 e. The van der Waals surface area contributed by atoms with E-state index in [4.69, 9.17) is 0 Å². The molecule has 0 aliphatic rings. The predicted octanol–water partition coefficient (Wildman–Crippen LogP) is 1.91. The Kier molecular flexibility index (Phi) is 3.77. The maximum Gasteiger partial charge on any atom is 0.225 e. The van der Waals surface area contributed by atoms with Crippen molar-refractivity contribution in [3.05, 3.63) is 46.9 Å². The van der Waals surface area contributed by atoms with Gasteiger partial charge in [-0.15, -0.1) is 11.3 Å². The van der Waals surface area contributed by atoms with Crippen molar-refractivity contribution in [3.8, 4) is 0 Å². The van der Waals surface area contributed by atoms with Crippen LogP contribution >= 0.6 is 11.3 Å². The average Bonchev–Trinajstić information content (AvgIpc) is 2.90. The van der Waals surface area contributed by atoms with Crippen LogP contribution < -0.4 is 5.32 Å². The second kappa shape index (κ2) is 5.51. The standard InChI is InChI=1S/C12H14N2OS/c15-12(10-11-4-3-9-16-11)13-5-8-14-6-1-2-7-14/h1-4,6-7,9H,5,8,10H2,(H,13,15). The van der Waals surface area contributed by atoms with Gasteiger partial charge in [0, 0.05) is 30.4 Å². The molecule has 0 fully saturated rings. The molecule has 2 heterocycles. The lowest BCUT2D eigenvalue weighted by Gasteiger charge is -2.05. The molecule has 2 aromatic heterocycles. The Hall–Kier alpha value is -1.55. The van der Waals surface area contributed by atoms with Gasteiger partial charge in [-0.25, -0.2) is 0 Å². The van der Waals surface area contributed by atoms with Gasteiger partial charge in [-0.2, -0.15) is 0 Å². The van der Waals surface area contributed by atoms with E-state index in [9.17, 15) is 4.79 Å². The number of nitrogens with zero attached hydrogens (tertiary/aromatic N) is 1. The molecule has 0 atom stereocenters. The van der Waals surface area contributed by atoms with Crippen molar-refractivity contribution in [2.24, 2.45) is 0 Å². The number of aromatic nitrogens is 1. The molecule has 0 aliphatic heterocycles. The average molecular weight is 234 g/mol. The van der Waals surface area contributed by atoms with E-state index in [1.54, 1.807) is 11.3 Å². The van der Waals surface area contributed by atoms with E-state index >= 15 is 0 Å². The zero-order chi connectivity index (χ0) is 11.2. The maximum absolute atomic E-state index is 11.5. The van der Waals surface area contributed by atoms with Crippen molar-refractivity contribution in [2.75, 3.05) is 6.54 Å². The van der Waals surface area contributed by atoms with E-state index in [1.165, 1.54) is 0 Å². The van der Waals surface area contributed by atoms with Gasteiger partial charge in [-0.05, 0) is 23.6 Å². The van der Waals surface area contributed by atoms with Crippen LogP contribution in [0.3, 0.4) is 0 Å². The van der Waals surface area contributed by atoms with Gasteiger partial charge in [0.2, 0.25) is 5.91 Å². The van der Waals surface area contributed by atoms with Crippen LogP contribution in [0.4, 0.5) is 0 Å². The molecule has 2 rings (SSSR count). The van der Waals surface area contributed by atoms with E-state index in [0.29, 0.717) is 13.0 Å². The molecule has 0 radical (unpaired) electrons. The zero-order valence-electron chi connectivity index (χ0n) is 8.93. The Bertz CT molecular complexity index is 420. The lowest BCUT2D eigenvalue weighted by Crippen LogP contribution is -2.28. The van der Waals surface area contributed by atoms with E-state index in [2.05, 4.69) is 5.32 Å². The van der Waals surface area contributed by atoms with Crippen LogP contribution in [-0.4, -0.2) is 17.0 Å². The second-order valence-electron chi connectivity index (χ2n) is 3.53. The number of hydrogen-bond donors (Lipinski definition) is 1. The Balaban J connectivity index is 1.68. The first kappa shape index (κ1) is 11.0. The molecule has 1 N–H and O–H groups in total. The largest absolute Gasteiger partial charge is 0.354 e. The molecule has 1 amide bonds. The number of carbonyl (C=O) groups excluding carboxylic acids is 1. The monoisotopic (exact) mass is 234 g/mol. The van der Waals surface area contributed by atoms with Crippen LogP contribution in [-0.2, 0) is 17.8 Å². The highest BCUT2D eigenvalue weighted by Gasteiger charge is 2.02. The summed E-state index contributed by atoms with van der Waals surface area (Å²) >= 11 is 1.62. The van der Waals surface area contributed by atoms with Crippen LogP contribution in [0.25, 0.3) is 0 Å². The van der Waals surface area contributed by atoms with Crippen molar-refractivity contribution < 1.29 is 4.79 Å². The minimum atomic E-state index is 0.0922. The smallest absolute Gasteiger partial charge is 0.225 e. The fourth-order valence-corrected chi connectivity index (χ4v) is 2.18. The molecule has 4 heteroatoms. The number of rotatable bonds is 5. The summed E-state index contributed by atoms with van der Waals surface area (Å²) in [6, 6.07) is 7.91. The lowest BCUT2D eigenvalue weighted by atomic mass is 10.3. The third-order valence-electron chi connectivity index (χ3n) is 2.27. The van der Waals surface area contributed by atoms with Gasteiger partial charge in [0.25, 0.3) is 0 Å². The van der Waals surface area contributed by atoms with Crippen molar-refractivity contribution in [2.45, 2.75) is 13.0 Å². The van der Waals surface area contributed by atoms with Gasteiger partial charge in [-0.3, -0.25) is 4.79 Å². The molecule has 3 nitrogen and oxygen atoms in total. The van der Waals surface area contributed by atoms with Gasteiger partial charge in [0.1, 0.15) is 0 Å². The molecule has 0 unspecified atom stereocenters. The summed E-state index contributed by atoms with van der Waals surface area (Å²) < 4.78 is 2.05. The van der Waals surface area contributed by atoms with Crippen molar-refractivity contribution in [1.82, 2.24) is 9.88 Å². The predicted molar refractivity (Wildman–Crippen MR) is 65.5 cm³/mol. The van der Waals surface area contributed by atoms with Gasteiger partial charge in [0.15, 0.2) is 0 Å². The van der Waals surface area contributed by atoms with Crippen LogP contribution in [0, 0.1) is 0 Å². The summed E-state index contributed by atoms with van der Waals surface area (Å²) in [5.41, 5.74) is 0. The molecule has 84 valence electrons. The van der Waals surface area contributed by atoms with Crippen LogP contribution in [0.2, 0.25) is 0 Å². The highest BCUT2D eigenvalue weighted by atomic mass is 32.1. The summed E-state index contributed by atoms with van der Waals surface area (Å²) in [4.78, 5) is 12.6. The molecule has 0 aliphatic carbocycles. The second-order valence-corrected chi connectivity index (χ2v) is 4.56. The minimum absolute atomic E-state index is 0.0922. The molecule has 2 aromatic rings. The molecular formula is C12H14N2OS. The molecule has 16 heavy (non-hydrogen) atoms. The van der Waals surface area contributed by atoms with E-state index < -0.39 is 0 Å². The first-order chi connectivity index (χ1) is 7.84. The Morgan fingerprint density at radius 2 is 2.12 bits per heavy atom. The fraction of sp³-hybridized carbons (Fsp3) is 0.250. The number of thiophene rings is 1. The first-order valence-electron chi connectivity index (χ1n) is 5.24. The van der Waals surface area contributed by atoms with Crippen LogP contribution in [0.1, 0.15) is 4.88 Å². The van der Waals surface area contributed by atoms with Gasteiger partial charge in [0.05, 0.1) is 6.42 Å². The number of nitrogens with one attached hydrogen (secondary N) is 1. The number of carbonyl (C=O) groups is 1. The van der Waals surface area contributed by atoms with Crippen molar-refractivity contribution >= 4 is 17.2 Å². The first-order valence-corrected chi connectivity index (χ1v) is 6.12. The number of amides is 1. The third kappa shape index (κ3) is 3.24. The van der Waals surface area contributed by atoms with Gasteiger partial charge < -0.3 is 9.88 Å². The highest BCUT2D eigenvalue weighted by molar-refractivity contribution is 7.10. The summed E-state index contributed by atoms with van der Waals surface area (Å²) in [6.45, 7) is 1.50. The third-order valence-corrected chi connectivity index (χ3v) is 3.15. The van der Waals surface area contributed by atoms with Crippen LogP contribution in [0.15, 0.2) is 42.0 Å². The maximum atomic E-state index is 11.5. The van der Waals surface area contributed by atoms with Crippen molar-refractivity contribution in [1.29, 1.82) is 0 Å². The summed E-state index contributed by atoms with van der Waals surface area (Å²) in [5, 5.41) is 4.89. The Labute approximate surface area is 98.7 Å². The fourth-order valence-electron chi connectivity index (χ4n) is 1.48. The molecule has 0 saturated heterocycles. The normalized spacial score (nSPS) is 10.2.